The van der Waals surface area contributed by atoms with Crippen LogP contribution in [0.4, 0.5) is 23.2 Å². The molecular formula is C24H26F4N2O4. The minimum absolute atomic E-state index is 0.0189. The van der Waals surface area contributed by atoms with E-state index in [9.17, 15) is 27.2 Å². The number of anilines is 1. The van der Waals surface area contributed by atoms with Crippen LogP contribution in [-0.4, -0.2) is 62.7 Å². The third-order valence-corrected chi connectivity index (χ3v) is 5.57. The van der Waals surface area contributed by atoms with Crippen LogP contribution in [0.1, 0.15) is 29.3 Å². The van der Waals surface area contributed by atoms with Gasteiger partial charge in [0.25, 0.3) is 0 Å². The fourth-order valence-corrected chi connectivity index (χ4v) is 3.73. The van der Waals surface area contributed by atoms with E-state index < -0.39 is 18.6 Å². The van der Waals surface area contributed by atoms with Crippen molar-refractivity contribution >= 4 is 17.4 Å². The Kier molecular flexibility index (Phi) is 8.01. The summed E-state index contributed by atoms with van der Waals surface area (Å²) in [7, 11) is 1.33. The van der Waals surface area contributed by atoms with Gasteiger partial charge in [-0.3, -0.25) is 9.59 Å². The van der Waals surface area contributed by atoms with E-state index in [2.05, 4.69) is 0 Å². The molecule has 0 saturated carbocycles. The van der Waals surface area contributed by atoms with Crippen molar-refractivity contribution in [2.24, 2.45) is 0 Å². The van der Waals surface area contributed by atoms with E-state index in [0.29, 0.717) is 43.9 Å². The largest absolute Gasteiger partial charge is 0.493 e. The molecule has 1 aliphatic heterocycles. The highest BCUT2D eigenvalue weighted by atomic mass is 19.4. The monoisotopic (exact) mass is 482 g/mol. The van der Waals surface area contributed by atoms with Crippen LogP contribution in [-0.2, 0) is 11.2 Å². The second-order valence-electron chi connectivity index (χ2n) is 7.98. The Bertz CT molecular complexity index is 1030. The van der Waals surface area contributed by atoms with Crippen LogP contribution in [0.25, 0.3) is 0 Å². The summed E-state index contributed by atoms with van der Waals surface area (Å²) in [5, 5.41) is 0. The van der Waals surface area contributed by atoms with Crippen molar-refractivity contribution in [1.82, 2.24) is 4.90 Å². The molecule has 2 aromatic rings. The number of halogens is 4. The van der Waals surface area contributed by atoms with Crippen LogP contribution in [0.2, 0.25) is 0 Å². The molecule has 1 fully saturated rings. The Balaban J connectivity index is 1.52. The number of alkyl halides is 3. The molecule has 1 amide bonds. The van der Waals surface area contributed by atoms with Gasteiger partial charge in [-0.1, -0.05) is 6.07 Å². The maximum atomic E-state index is 14.4. The minimum atomic E-state index is -4.45. The van der Waals surface area contributed by atoms with Gasteiger partial charge >= 0.3 is 6.18 Å². The van der Waals surface area contributed by atoms with Crippen LogP contribution >= 0.6 is 0 Å². The van der Waals surface area contributed by atoms with E-state index >= 15 is 0 Å². The summed E-state index contributed by atoms with van der Waals surface area (Å²) in [5.41, 5.74) is 1.44. The van der Waals surface area contributed by atoms with Gasteiger partial charge in [0.15, 0.2) is 23.9 Å². The van der Waals surface area contributed by atoms with E-state index in [-0.39, 0.29) is 29.6 Å². The van der Waals surface area contributed by atoms with Gasteiger partial charge in [-0.25, -0.2) is 4.39 Å². The first kappa shape index (κ1) is 25.3. The van der Waals surface area contributed by atoms with Crippen molar-refractivity contribution in [1.29, 1.82) is 0 Å². The van der Waals surface area contributed by atoms with Gasteiger partial charge < -0.3 is 19.3 Å². The number of hydrogen-bond donors (Lipinski definition) is 0. The van der Waals surface area contributed by atoms with Crippen LogP contribution in [0.5, 0.6) is 11.5 Å². The zero-order chi connectivity index (χ0) is 24.9. The Morgan fingerprint density at radius 2 is 1.71 bits per heavy atom. The fraction of sp³-hybridized carbons (Fsp3) is 0.417. The molecule has 1 heterocycles. The molecule has 6 nitrogen and oxygen atoms in total. The van der Waals surface area contributed by atoms with Crippen molar-refractivity contribution < 1.29 is 36.6 Å². The summed E-state index contributed by atoms with van der Waals surface area (Å²) >= 11 is 0. The van der Waals surface area contributed by atoms with Crippen molar-refractivity contribution in [3.8, 4) is 11.5 Å². The summed E-state index contributed by atoms with van der Waals surface area (Å²) in [6.07, 6.45) is -3.85. The first-order chi connectivity index (χ1) is 16.1. The highest BCUT2D eigenvalue weighted by molar-refractivity contribution is 5.94. The number of benzene rings is 2. The Morgan fingerprint density at radius 1 is 1.00 bits per heavy atom. The van der Waals surface area contributed by atoms with Gasteiger partial charge in [-0.15, -0.1) is 0 Å². The van der Waals surface area contributed by atoms with E-state index in [0.717, 1.165) is 5.56 Å². The predicted molar refractivity (Wildman–Crippen MR) is 118 cm³/mol. The van der Waals surface area contributed by atoms with Gasteiger partial charge in [-0.05, 0) is 49.2 Å². The molecule has 0 unspecified atom stereocenters. The first-order valence-corrected chi connectivity index (χ1v) is 10.8. The van der Waals surface area contributed by atoms with Gasteiger partial charge in [-0.2, -0.15) is 13.2 Å². The van der Waals surface area contributed by atoms with Crippen molar-refractivity contribution in [3.05, 3.63) is 53.3 Å². The number of hydrogen-bond acceptors (Lipinski definition) is 5. The average Bonchev–Trinajstić information content (AvgIpc) is 2.80. The maximum absolute atomic E-state index is 14.4. The summed E-state index contributed by atoms with van der Waals surface area (Å²) in [5.74, 6) is -0.593. The summed E-state index contributed by atoms with van der Waals surface area (Å²) in [6, 6.07) is 8.96. The molecule has 0 spiro atoms. The number of ketones is 1. The number of carbonyl (C=O) groups excluding carboxylic acids is 2. The highest BCUT2D eigenvalue weighted by Crippen LogP contribution is 2.30. The molecule has 1 aliphatic rings. The number of nitrogens with zero attached hydrogens (tertiary/aromatic N) is 2. The lowest BCUT2D eigenvalue weighted by molar-refractivity contribution is -0.153. The molecule has 0 aromatic heterocycles. The summed E-state index contributed by atoms with van der Waals surface area (Å²) < 4.78 is 61.4. The molecule has 2 aromatic carbocycles. The molecule has 184 valence electrons. The number of piperazine rings is 1. The second-order valence-corrected chi connectivity index (χ2v) is 7.98. The molecule has 0 bridgehead atoms. The van der Waals surface area contributed by atoms with Gasteiger partial charge in [0, 0.05) is 38.2 Å². The first-order valence-electron chi connectivity index (χ1n) is 10.8. The quantitative estimate of drug-likeness (QED) is 0.416. The normalized spacial score (nSPS) is 14.2. The van der Waals surface area contributed by atoms with E-state index in [1.807, 2.05) is 4.90 Å². The molecular weight excluding hydrogens is 456 g/mol. The Labute approximate surface area is 195 Å². The van der Waals surface area contributed by atoms with Gasteiger partial charge in [0.2, 0.25) is 5.91 Å². The number of ether oxygens (including phenoxy) is 2. The van der Waals surface area contributed by atoms with E-state index in [4.69, 9.17) is 9.47 Å². The smallest absolute Gasteiger partial charge is 0.422 e. The molecule has 0 radical (unpaired) electrons. The Hall–Kier alpha value is -3.30. The van der Waals surface area contributed by atoms with Gasteiger partial charge in [0.1, 0.15) is 5.82 Å². The Morgan fingerprint density at radius 3 is 2.29 bits per heavy atom. The molecule has 0 N–H and O–H groups in total. The van der Waals surface area contributed by atoms with Crippen molar-refractivity contribution in [3.63, 3.8) is 0 Å². The van der Waals surface area contributed by atoms with Crippen LogP contribution in [0, 0.1) is 5.82 Å². The summed E-state index contributed by atoms with van der Waals surface area (Å²) in [6.45, 7) is 1.74. The van der Waals surface area contributed by atoms with Crippen LogP contribution in [0.15, 0.2) is 36.4 Å². The molecule has 0 atom stereocenters. The standard InChI is InChI=1S/C24H26F4N2O4/c1-16(31)18-5-6-20(19(25)14-18)29-9-11-30(12-10-29)23(32)8-4-17-3-7-21(22(13-17)33-2)34-15-24(26,27)28/h3,5-7,13-14H,4,8-12,15H2,1-2H3. The highest BCUT2D eigenvalue weighted by Gasteiger charge is 2.29. The predicted octanol–water partition coefficient (Wildman–Crippen LogP) is 4.26. The summed E-state index contributed by atoms with van der Waals surface area (Å²) in [4.78, 5) is 27.6. The lowest BCUT2D eigenvalue weighted by atomic mass is 10.1. The van der Waals surface area contributed by atoms with Gasteiger partial charge in [0.05, 0.1) is 12.8 Å². The number of methoxy groups -OCH3 is 1. The average molecular weight is 482 g/mol. The number of carbonyl (C=O) groups is 2. The third-order valence-electron chi connectivity index (χ3n) is 5.57. The molecule has 0 aliphatic carbocycles. The van der Waals surface area contributed by atoms with Crippen LogP contribution in [0.3, 0.4) is 0 Å². The lowest BCUT2D eigenvalue weighted by Crippen LogP contribution is -2.49. The number of aryl methyl sites for hydroxylation is 1. The third kappa shape index (κ3) is 6.61. The number of amides is 1. The molecule has 3 rings (SSSR count). The second kappa shape index (κ2) is 10.8. The van der Waals surface area contributed by atoms with Crippen LogP contribution < -0.4 is 14.4 Å². The molecule has 34 heavy (non-hydrogen) atoms. The minimum Gasteiger partial charge on any atom is -0.493 e. The number of Topliss-reactive ketones (excluding diaryl/α,β-unsaturated/α-hetero) is 1. The van der Waals surface area contributed by atoms with Crippen molar-refractivity contribution in [2.75, 3.05) is 44.8 Å². The fourth-order valence-electron chi connectivity index (χ4n) is 3.73. The topological polar surface area (TPSA) is 59.1 Å². The molecule has 1 saturated heterocycles. The SMILES string of the molecule is COc1cc(CCC(=O)N2CCN(c3ccc(C(C)=O)cc3F)CC2)ccc1OCC(F)(F)F. The lowest BCUT2D eigenvalue weighted by Gasteiger charge is -2.36. The maximum Gasteiger partial charge on any atom is 0.422 e. The van der Waals surface area contributed by atoms with E-state index in [1.165, 1.54) is 26.2 Å². The molecule has 10 heteroatoms. The zero-order valence-corrected chi connectivity index (χ0v) is 19.0. The number of rotatable bonds is 8. The zero-order valence-electron chi connectivity index (χ0n) is 19.0. The van der Waals surface area contributed by atoms with E-state index in [1.54, 1.807) is 29.2 Å². The van der Waals surface area contributed by atoms with Crippen molar-refractivity contribution in [2.45, 2.75) is 25.9 Å².